The number of nitrogens with one attached hydrogen (secondary N) is 1. The molecule has 0 aliphatic carbocycles. The van der Waals surface area contributed by atoms with Crippen molar-refractivity contribution in [1.82, 2.24) is 5.32 Å². The Morgan fingerprint density at radius 1 is 1.05 bits per heavy atom. The molecule has 0 saturated carbocycles. The second kappa shape index (κ2) is 8.90. The van der Waals surface area contributed by atoms with Gasteiger partial charge in [0.25, 0.3) is 0 Å². The van der Waals surface area contributed by atoms with Gasteiger partial charge < -0.3 is 10.2 Å². The molecule has 2 nitrogen and oxygen atoms in total. The van der Waals surface area contributed by atoms with Gasteiger partial charge in [-0.2, -0.15) is 0 Å². The lowest BCUT2D eigenvalue weighted by atomic mass is 10.1. The fourth-order valence-corrected chi connectivity index (χ4v) is 2.21. The van der Waals surface area contributed by atoms with Crippen molar-refractivity contribution in [2.24, 2.45) is 0 Å². The number of hydrogen-bond donors (Lipinski definition) is 1. The molecule has 0 unspecified atom stereocenters. The van der Waals surface area contributed by atoms with Gasteiger partial charge in [-0.05, 0) is 37.1 Å². The van der Waals surface area contributed by atoms with Crippen LogP contribution in [0.2, 0.25) is 0 Å². The standard InChI is InChI=1S/C16H26F2N2/c1-4-6-7-9-20(3)16-14(17)10-13(11-15(16)18)12-19-8-5-2/h10-11,19H,4-9,12H2,1-3H3. The maximum Gasteiger partial charge on any atom is 0.149 e. The summed E-state index contributed by atoms with van der Waals surface area (Å²) in [4.78, 5) is 1.67. The van der Waals surface area contributed by atoms with Crippen LogP contribution in [0.5, 0.6) is 0 Å². The smallest absolute Gasteiger partial charge is 0.149 e. The van der Waals surface area contributed by atoms with Gasteiger partial charge in [-0.3, -0.25) is 0 Å². The average Bonchev–Trinajstić information content (AvgIpc) is 2.38. The fourth-order valence-electron chi connectivity index (χ4n) is 2.21. The lowest BCUT2D eigenvalue weighted by molar-refractivity contribution is 0.565. The van der Waals surface area contributed by atoms with Crippen LogP contribution in [0.15, 0.2) is 12.1 Å². The van der Waals surface area contributed by atoms with Crippen molar-refractivity contribution in [3.8, 4) is 0 Å². The summed E-state index contributed by atoms with van der Waals surface area (Å²) in [7, 11) is 1.74. The summed E-state index contributed by atoms with van der Waals surface area (Å²) in [6.07, 6.45) is 4.13. The molecule has 1 aromatic rings. The monoisotopic (exact) mass is 284 g/mol. The largest absolute Gasteiger partial charge is 0.370 e. The van der Waals surface area contributed by atoms with Crippen LogP contribution in [0.1, 0.15) is 45.1 Å². The van der Waals surface area contributed by atoms with E-state index >= 15 is 0 Å². The third-order valence-electron chi connectivity index (χ3n) is 3.31. The molecule has 0 aliphatic rings. The third-order valence-corrected chi connectivity index (χ3v) is 3.31. The minimum atomic E-state index is -0.475. The van der Waals surface area contributed by atoms with Crippen molar-refractivity contribution in [2.75, 3.05) is 25.0 Å². The minimum absolute atomic E-state index is 0.0837. The summed E-state index contributed by atoms with van der Waals surface area (Å²) in [6.45, 7) is 6.19. The van der Waals surface area contributed by atoms with Gasteiger partial charge in [0, 0.05) is 20.1 Å². The van der Waals surface area contributed by atoms with Crippen LogP contribution in [0.25, 0.3) is 0 Å². The second-order valence-corrected chi connectivity index (χ2v) is 5.21. The van der Waals surface area contributed by atoms with Crippen molar-refractivity contribution in [2.45, 2.75) is 46.1 Å². The van der Waals surface area contributed by atoms with Gasteiger partial charge in [-0.1, -0.05) is 26.7 Å². The van der Waals surface area contributed by atoms with Crippen molar-refractivity contribution < 1.29 is 8.78 Å². The molecule has 1 N–H and O–H groups in total. The van der Waals surface area contributed by atoms with Crippen molar-refractivity contribution >= 4 is 5.69 Å². The van der Waals surface area contributed by atoms with Gasteiger partial charge >= 0.3 is 0 Å². The Kier molecular flexibility index (Phi) is 7.52. The van der Waals surface area contributed by atoms with E-state index in [2.05, 4.69) is 19.2 Å². The normalized spacial score (nSPS) is 10.8. The fraction of sp³-hybridized carbons (Fsp3) is 0.625. The van der Waals surface area contributed by atoms with E-state index in [-0.39, 0.29) is 5.69 Å². The lowest BCUT2D eigenvalue weighted by Crippen LogP contribution is -2.22. The Hall–Kier alpha value is -1.16. The average molecular weight is 284 g/mol. The lowest BCUT2D eigenvalue weighted by Gasteiger charge is -2.21. The predicted molar refractivity (Wildman–Crippen MR) is 81.2 cm³/mol. The van der Waals surface area contributed by atoms with Gasteiger partial charge in [0.2, 0.25) is 0 Å². The summed E-state index contributed by atoms with van der Waals surface area (Å²) in [6, 6.07) is 2.86. The molecular formula is C16H26F2N2. The van der Waals surface area contributed by atoms with Crippen molar-refractivity contribution in [3.63, 3.8) is 0 Å². The summed E-state index contributed by atoms with van der Waals surface area (Å²) in [5.74, 6) is -0.949. The molecule has 0 bridgehead atoms. The molecule has 0 amide bonds. The summed E-state index contributed by atoms with van der Waals surface area (Å²) in [5.41, 5.74) is 0.736. The van der Waals surface area contributed by atoms with E-state index in [0.29, 0.717) is 18.7 Å². The van der Waals surface area contributed by atoms with Crippen LogP contribution in [0.4, 0.5) is 14.5 Å². The SMILES string of the molecule is CCCCCN(C)c1c(F)cc(CNCCC)cc1F. The molecule has 20 heavy (non-hydrogen) atoms. The molecule has 0 radical (unpaired) electrons. The van der Waals surface area contributed by atoms with E-state index in [1.807, 2.05) is 0 Å². The van der Waals surface area contributed by atoms with Crippen LogP contribution >= 0.6 is 0 Å². The Morgan fingerprint density at radius 3 is 2.25 bits per heavy atom. The third kappa shape index (κ3) is 5.08. The molecule has 4 heteroatoms. The topological polar surface area (TPSA) is 15.3 Å². The highest BCUT2D eigenvalue weighted by Crippen LogP contribution is 2.24. The van der Waals surface area contributed by atoms with E-state index in [1.54, 1.807) is 11.9 Å². The Balaban J connectivity index is 2.72. The number of rotatable bonds is 9. The van der Waals surface area contributed by atoms with Gasteiger partial charge in [-0.25, -0.2) is 8.78 Å². The number of unbranched alkanes of at least 4 members (excludes halogenated alkanes) is 2. The molecule has 0 heterocycles. The van der Waals surface area contributed by atoms with E-state index in [0.717, 1.165) is 32.2 Å². The van der Waals surface area contributed by atoms with Crippen LogP contribution in [0.3, 0.4) is 0 Å². The van der Waals surface area contributed by atoms with Crippen LogP contribution in [-0.2, 0) is 6.54 Å². The number of halogens is 2. The van der Waals surface area contributed by atoms with Crippen molar-refractivity contribution in [1.29, 1.82) is 0 Å². The van der Waals surface area contributed by atoms with Gasteiger partial charge in [0.15, 0.2) is 0 Å². The first-order chi connectivity index (χ1) is 9.60. The molecule has 114 valence electrons. The maximum atomic E-state index is 14.1. The van der Waals surface area contributed by atoms with E-state index in [9.17, 15) is 8.78 Å². The van der Waals surface area contributed by atoms with Gasteiger partial charge in [0.05, 0.1) is 0 Å². The number of nitrogens with zero attached hydrogens (tertiary/aromatic N) is 1. The summed E-state index contributed by atoms with van der Waals surface area (Å²) >= 11 is 0. The van der Waals surface area contributed by atoms with Crippen molar-refractivity contribution in [3.05, 3.63) is 29.3 Å². The van der Waals surface area contributed by atoms with Crippen LogP contribution < -0.4 is 10.2 Å². The van der Waals surface area contributed by atoms with Gasteiger partial charge in [-0.15, -0.1) is 0 Å². The molecule has 0 aromatic heterocycles. The van der Waals surface area contributed by atoms with E-state index < -0.39 is 11.6 Å². The number of anilines is 1. The molecule has 0 spiro atoms. The van der Waals surface area contributed by atoms with E-state index in [1.165, 1.54) is 12.1 Å². The Labute approximate surface area is 121 Å². The maximum absolute atomic E-state index is 14.1. The van der Waals surface area contributed by atoms with Crippen LogP contribution in [-0.4, -0.2) is 20.1 Å². The zero-order chi connectivity index (χ0) is 15.0. The molecule has 1 aromatic carbocycles. The minimum Gasteiger partial charge on any atom is -0.370 e. The predicted octanol–water partition coefficient (Wildman–Crippen LogP) is 4.09. The second-order valence-electron chi connectivity index (χ2n) is 5.21. The Bertz CT molecular complexity index is 384. The molecule has 0 fully saturated rings. The van der Waals surface area contributed by atoms with E-state index in [4.69, 9.17) is 0 Å². The Morgan fingerprint density at radius 2 is 1.70 bits per heavy atom. The first-order valence-corrected chi connectivity index (χ1v) is 7.49. The zero-order valence-corrected chi connectivity index (χ0v) is 12.8. The first kappa shape index (κ1) is 16.9. The molecule has 0 atom stereocenters. The summed E-state index contributed by atoms with van der Waals surface area (Å²) in [5, 5.41) is 3.15. The quantitative estimate of drug-likeness (QED) is 0.687. The molecule has 0 saturated heterocycles. The highest BCUT2D eigenvalue weighted by Gasteiger charge is 2.14. The number of hydrogen-bond acceptors (Lipinski definition) is 2. The molecule has 1 rings (SSSR count). The molecule has 0 aliphatic heterocycles. The van der Waals surface area contributed by atoms with Gasteiger partial charge in [0.1, 0.15) is 17.3 Å². The highest BCUT2D eigenvalue weighted by atomic mass is 19.1. The highest BCUT2D eigenvalue weighted by molar-refractivity contribution is 5.50. The first-order valence-electron chi connectivity index (χ1n) is 7.49. The van der Waals surface area contributed by atoms with Crippen LogP contribution in [0, 0.1) is 11.6 Å². The number of benzene rings is 1. The molecular weight excluding hydrogens is 258 g/mol. The zero-order valence-electron chi connectivity index (χ0n) is 12.8. The summed E-state index contributed by atoms with van der Waals surface area (Å²) < 4.78 is 28.1.